The van der Waals surface area contributed by atoms with Gasteiger partial charge in [0.2, 0.25) is 5.91 Å². The summed E-state index contributed by atoms with van der Waals surface area (Å²) in [5.41, 5.74) is 6.78. The van der Waals surface area contributed by atoms with E-state index >= 15 is 0 Å². The summed E-state index contributed by atoms with van der Waals surface area (Å²) in [6, 6.07) is 3.75. The smallest absolute Gasteiger partial charge is 0.229 e. The van der Waals surface area contributed by atoms with Crippen LogP contribution in [-0.2, 0) is 4.79 Å². The molecule has 2 N–H and O–H groups in total. The summed E-state index contributed by atoms with van der Waals surface area (Å²) < 4.78 is 0. The molecule has 1 saturated heterocycles. The number of hydrogen-bond acceptors (Lipinski definition) is 3. The van der Waals surface area contributed by atoms with Gasteiger partial charge in [-0.05, 0) is 18.6 Å². The van der Waals surface area contributed by atoms with Crippen LogP contribution >= 0.6 is 0 Å². The molecule has 1 aliphatic rings. The van der Waals surface area contributed by atoms with Gasteiger partial charge in [-0.25, -0.2) is 4.98 Å². The van der Waals surface area contributed by atoms with Gasteiger partial charge >= 0.3 is 0 Å². The van der Waals surface area contributed by atoms with Gasteiger partial charge in [0.1, 0.15) is 5.82 Å². The van der Waals surface area contributed by atoms with E-state index < -0.39 is 0 Å². The number of carbonyl (C=O) groups excluding carboxylic acids is 1. The molecule has 74 valence electrons. The van der Waals surface area contributed by atoms with Crippen molar-refractivity contribution in [3.05, 3.63) is 23.9 Å². The predicted octanol–water partition coefficient (Wildman–Crippen LogP) is 0.454. The van der Waals surface area contributed by atoms with Crippen molar-refractivity contribution in [2.45, 2.75) is 19.4 Å². The van der Waals surface area contributed by atoms with Crippen molar-refractivity contribution in [3.63, 3.8) is 0 Å². The summed E-state index contributed by atoms with van der Waals surface area (Å²) in [5, 5.41) is 0. The fraction of sp³-hybridized carbons (Fsp3) is 0.400. The van der Waals surface area contributed by atoms with Crippen LogP contribution in [0.1, 0.15) is 12.0 Å². The largest absolute Gasteiger partial charge is 0.326 e. The second kappa shape index (κ2) is 3.38. The number of amides is 1. The Morgan fingerprint density at radius 1 is 1.57 bits per heavy atom. The Labute approximate surface area is 82.7 Å². The van der Waals surface area contributed by atoms with E-state index in [-0.39, 0.29) is 11.9 Å². The molecule has 1 amide bonds. The Morgan fingerprint density at radius 2 is 2.36 bits per heavy atom. The summed E-state index contributed by atoms with van der Waals surface area (Å²) >= 11 is 0. The van der Waals surface area contributed by atoms with E-state index in [1.54, 1.807) is 11.1 Å². The lowest BCUT2D eigenvalue weighted by Crippen LogP contribution is -2.28. The lowest BCUT2D eigenvalue weighted by Gasteiger charge is -2.14. The molecule has 1 aliphatic heterocycles. The van der Waals surface area contributed by atoms with Gasteiger partial charge < -0.3 is 5.73 Å². The van der Waals surface area contributed by atoms with Crippen molar-refractivity contribution in [1.29, 1.82) is 0 Å². The molecule has 0 spiro atoms. The number of carbonyl (C=O) groups is 1. The van der Waals surface area contributed by atoms with Crippen molar-refractivity contribution in [3.8, 4) is 0 Å². The normalized spacial score (nSPS) is 21.7. The summed E-state index contributed by atoms with van der Waals surface area (Å²) in [7, 11) is 0. The van der Waals surface area contributed by atoms with Crippen LogP contribution in [0, 0.1) is 6.92 Å². The average molecular weight is 191 g/mol. The molecule has 2 rings (SSSR count). The topological polar surface area (TPSA) is 59.2 Å². The lowest BCUT2D eigenvalue weighted by atomic mass is 10.3. The predicted molar refractivity (Wildman–Crippen MR) is 53.9 cm³/mol. The van der Waals surface area contributed by atoms with Crippen LogP contribution < -0.4 is 10.6 Å². The molecule has 1 atom stereocenters. The number of hydrogen-bond donors (Lipinski definition) is 1. The van der Waals surface area contributed by atoms with Crippen LogP contribution in [0.25, 0.3) is 0 Å². The van der Waals surface area contributed by atoms with Gasteiger partial charge in [-0.3, -0.25) is 9.69 Å². The Kier molecular flexibility index (Phi) is 2.21. The quantitative estimate of drug-likeness (QED) is 0.701. The maximum atomic E-state index is 11.5. The molecule has 2 heterocycles. The second-order valence-corrected chi connectivity index (χ2v) is 3.66. The van der Waals surface area contributed by atoms with E-state index in [0.29, 0.717) is 18.8 Å². The molecule has 1 unspecified atom stereocenters. The number of nitrogens with two attached hydrogens (primary N) is 1. The highest BCUT2D eigenvalue weighted by Crippen LogP contribution is 2.18. The van der Waals surface area contributed by atoms with Gasteiger partial charge in [0.05, 0.1) is 0 Å². The molecule has 0 aliphatic carbocycles. The minimum Gasteiger partial charge on any atom is -0.326 e. The van der Waals surface area contributed by atoms with Crippen molar-refractivity contribution in [2.75, 3.05) is 11.4 Å². The maximum absolute atomic E-state index is 11.5. The first-order chi connectivity index (χ1) is 6.66. The van der Waals surface area contributed by atoms with E-state index in [0.717, 1.165) is 5.56 Å². The number of rotatable bonds is 1. The van der Waals surface area contributed by atoms with Crippen LogP contribution in [0.3, 0.4) is 0 Å². The number of aromatic nitrogens is 1. The van der Waals surface area contributed by atoms with E-state index in [9.17, 15) is 4.79 Å². The highest BCUT2D eigenvalue weighted by Gasteiger charge is 2.28. The van der Waals surface area contributed by atoms with Gasteiger partial charge in [0.25, 0.3) is 0 Å². The van der Waals surface area contributed by atoms with Crippen LogP contribution in [0.4, 0.5) is 5.82 Å². The molecule has 4 heteroatoms. The molecule has 14 heavy (non-hydrogen) atoms. The molecule has 0 aromatic carbocycles. The van der Waals surface area contributed by atoms with Crippen LogP contribution in [-0.4, -0.2) is 23.5 Å². The van der Waals surface area contributed by atoms with Crippen LogP contribution in [0.15, 0.2) is 18.3 Å². The van der Waals surface area contributed by atoms with Crippen molar-refractivity contribution >= 4 is 11.7 Å². The Hall–Kier alpha value is -1.42. The molecule has 0 bridgehead atoms. The maximum Gasteiger partial charge on any atom is 0.229 e. The number of anilines is 1. The molecule has 0 radical (unpaired) electrons. The number of pyridine rings is 1. The number of nitrogens with zero attached hydrogens (tertiary/aromatic N) is 2. The van der Waals surface area contributed by atoms with Gasteiger partial charge in [-0.1, -0.05) is 6.07 Å². The summed E-state index contributed by atoms with van der Waals surface area (Å²) in [6.45, 7) is 2.54. The zero-order valence-electron chi connectivity index (χ0n) is 8.10. The summed E-state index contributed by atoms with van der Waals surface area (Å²) in [5.74, 6) is 0.766. The van der Waals surface area contributed by atoms with Gasteiger partial charge in [0.15, 0.2) is 0 Å². The van der Waals surface area contributed by atoms with Crippen molar-refractivity contribution in [1.82, 2.24) is 4.98 Å². The average Bonchev–Trinajstić information content (AvgIpc) is 2.47. The Bertz CT molecular complexity index is 347. The van der Waals surface area contributed by atoms with Gasteiger partial charge in [-0.2, -0.15) is 0 Å². The van der Waals surface area contributed by atoms with Crippen LogP contribution in [0.5, 0.6) is 0 Å². The first kappa shape index (κ1) is 9.15. The monoisotopic (exact) mass is 191 g/mol. The third-order valence-electron chi connectivity index (χ3n) is 2.33. The SMILES string of the molecule is Cc1ccc(N2CC(N)CC2=O)nc1. The molecule has 0 saturated carbocycles. The summed E-state index contributed by atoms with van der Waals surface area (Å²) in [4.78, 5) is 17.3. The fourth-order valence-corrected chi connectivity index (χ4v) is 1.58. The van der Waals surface area contributed by atoms with E-state index in [2.05, 4.69) is 4.98 Å². The van der Waals surface area contributed by atoms with E-state index in [1.807, 2.05) is 19.1 Å². The van der Waals surface area contributed by atoms with Gasteiger partial charge in [0, 0.05) is 25.2 Å². The highest BCUT2D eigenvalue weighted by molar-refractivity contribution is 5.95. The van der Waals surface area contributed by atoms with Crippen molar-refractivity contribution < 1.29 is 4.79 Å². The number of aryl methyl sites for hydroxylation is 1. The van der Waals surface area contributed by atoms with Crippen LogP contribution in [0.2, 0.25) is 0 Å². The van der Waals surface area contributed by atoms with Crippen molar-refractivity contribution in [2.24, 2.45) is 5.73 Å². The third-order valence-corrected chi connectivity index (χ3v) is 2.33. The lowest BCUT2D eigenvalue weighted by molar-refractivity contribution is -0.117. The minimum atomic E-state index is -0.0504. The zero-order chi connectivity index (χ0) is 10.1. The molecule has 4 nitrogen and oxygen atoms in total. The fourth-order valence-electron chi connectivity index (χ4n) is 1.58. The first-order valence-electron chi connectivity index (χ1n) is 4.65. The Morgan fingerprint density at radius 3 is 2.86 bits per heavy atom. The molecule has 1 aromatic heterocycles. The molecule has 1 fully saturated rings. The molecule has 1 aromatic rings. The Balaban J connectivity index is 2.23. The van der Waals surface area contributed by atoms with E-state index in [1.165, 1.54) is 0 Å². The second-order valence-electron chi connectivity index (χ2n) is 3.66. The highest BCUT2D eigenvalue weighted by atomic mass is 16.2. The minimum absolute atomic E-state index is 0.0504. The third kappa shape index (κ3) is 1.61. The first-order valence-corrected chi connectivity index (χ1v) is 4.65. The summed E-state index contributed by atoms with van der Waals surface area (Å²) in [6.07, 6.45) is 2.18. The zero-order valence-corrected chi connectivity index (χ0v) is 8.10. The molecular weight excluding hydrogens is 178 g/mol. The van der Waals surface area contributed by atoms with Gasteiger partial charge in [-0.15, -0.1) is 0 Å². The molecular formula is C10H13N3O. The van der Waals surface area contributed by atoms with E-state index in [4.69, 9.17) is 5.73 Å². The standard InChI is InChI=1S/C10H13N3O/c1-7-2-3-9(12-5-7)13-6-8(11)4-10(13)14/h2-3,5,8H,4,6,11H2,1H3.